The van der Waals surface area contributed by atoms with Crippen LogP contribution in [0.5, 0.6) is 5.75 Å². The van der Waals surface area contributed by atoms with Crippen LogP contribution in [-0.2, 0) is 10.0 Å². The second-order valence-corrected chi connectivity index (χ2v) is 7.58. The summed E-state index contributed by atoms with van der Waals surface area (Å²) in [5.74, 6) is 0.386. The number of benzene rings is 1. The number of hydroxylamine groups is 2. The monoisotopic (exact) mass is 414 g/mol. The highest BCUT2D eigenvalue weighted by Gasteiger charge is 2.15. The van der Waals surface area contributed by atoms with E-state index in [1.165, 1.54) is 36.7 Å². The van der Waals surface area contributed by atoms with Crippen molar-refractivity contribution in [3.8, 4) is 5.75 Å². The maximum atomic E-state index is 12.7. The molecule has 1 aliphatic carbocycles. The van der Waals surface area contributed by atoms with Crippen LogP contribution in [0.4, 0.5) is 4.39 Å². The van der Waals surface area contributed by atoms with Crippen LogP contribution in [0.2, 0.25) is 0 Å². The van der Waals surface area contributed by atoms with E-state index in [9.17, 15) is 18.0 Å². The molecule has 0 aromatic heterocycles. The van der Waals surface area contributed by atoms with Crippen molar-refractivity contribution in [2.24, 2.45) is 4.40 Å². The van der Waals surface area contributed by atoms with Gasteiger partial charge in [0.1, 0.15) is 19.0 Å². The largest absolute Gasteiger partial charge is 0.491 e. The maximum absolute atomic E-state index is 12.7. The zero-order valence-corrected chi connectivity index (χ0v) is 16.2. The van der Waals surface area contributed by atoms with Crippen molar-refractivity contribution in [1.82, 2.24) is 5.06 Å². The lowest BCUT2D eigenvalue weighted by Gasteiger charge is -2.10. The Morgan fingerprint density at radius 2 is 1.72 bits per heavy atom. The summed E-state index contributed by atoms with van der Waals surface area (Å²) in [6.07, 6.45) is 16.8. The topological polar surface area (TPSA) is 79.2 Å². The van der Waals surface area contributed by atoms with Gasteiger partial charge in [-0.1, -0.05) is 30.4 Å². The molecule has 1 heterocycles. The highest BCUT2D eigenvalue weighted by molar-refractivity contribution is 7.90. The minimum atomic E-state index is -3.94. The maximum Gasteiger partial charge on any atom is 0.282 e. The van der Waals surface area contributed by atoms with Crippen molar-refractivity contribution >= 4 is 15.7 Å². The lowest BCUT2D eigenvalue weighted by atomic mass is 10.0. The van der Waals surface area contributed by atoms with E-state index in [1.807, 2.05) is 0 Å². The molecule has 0 radical (unpaired) electrons. The number of allylic oxidation sites excluding steroid dienone is 10. The van der Waals surface area contributed by atoms with E-state index in [1.54, 1.807) is 48.6 Å². The fourth-order valence-electron chi connectivity index (χ4n) is 2.49. The highest BCUT2D eigenvalue weighted by atomic mass is 32.2. The molecule has 150 valence electrons. The Kier molecular flexibility index (Phi) is 6.58. The molecule has 29 heavy (non-hydrogen) atoms. The molecule has 3 rings (SSSR count). The van der Waals surface area contributed by atoms with E-state index in [2.05, 4.69) is 4.40 Å². The molecular formula is C21H19FN2O4S. The third kappa shape index (κ3) is 5.63. The van der Waals surface area contributed by atoms with Gasteiger partial charge in [-0.15, -0.1) is 0 Å². The minimum absolute atomic E-state index is 0.0134. The molecule has 0 amide bonds. The number of nitrogens with zero attached hydrogens (tertiary/aromatic N) is 2. The molecule has 6 nitrogen and oxygen atoms in total. The van der Waals surface area contributed by atoms with Crippen LogP contribution in [-0.4, -0.2) is 37.7 Å². The van der Waals surface area contributed by atoms with Gasteiger partial charge >= 0.3 is 0 Å². The van der Waals surface area contributed by atoms with Gasteiger partial charge in [0.05, 0.1) is 10.6 Å². The fourth-order valence-corrected chi connectivity index (χ4v) is 3.50. The van der Waals surface area contributed by atoms with Crippen LogP contribution >= 0.6 is 0 Å². The van der Waals surface area contributed by atoms with Crippen LogP contribution < -0.4 is 4.74 Å². The molecule has 2 aliphatic rings. The average Bonchev–Trinajstić information content (AvgIpc) is 2.73. The molecule has 0 bridgehead atoms. The predicted molar refractivity (Wildman–Crippen MR) is 109 cm³/mol. The third-order valence-electron chi connectivity index (χ3n) is 3.92. The number of hydrogen-bond acceptors (Lipinski definition) is 5. The van der Waals surface area contributed by atoms with Crippen LogP contribution in [0.3, 0.4) is 0 Å². The SMILES string of the molecule is O=S(=O)(N=C1C=CC=CC1=CC=C1C=CN(O)C=C1)c1ccc(OCCF)cc1. The Morgan fingerprint density at radius 3 is 2.41 bits per heavy atom. The van der Waals surface area contributed by atoms with E-state index < -0.39 is 16.7 Å². The molecule has 0 fully saturated rings. The smallest absolute Gasteiger partial charge is 0.282 e. The second kappa shape index (κ2) is 9.31. The molecular weight excluding hydrogens is 395 g/mol. The number of hydrogen-bond donors (Lipinski definition) is 1. The lowest BCUT2D eigenvalue weighted by molar-refractivity contribution is 0.0105. The number of ether oxygens (including phenoxy) is 1. The van der Waals surface area contributed by atoms with Gasteiger partial charge in [0.2, 0.25) is 0 Å². The minimum Gasteiger partial charge on any atom is -0.491 e. The molecule has 0 unspecified atom stereocenters. The summed E-state index contributed by atoms with van der Waals surface area (Å²) < 4.78 is 46.6. The van der Waals surface area contributed by atoms with E-state index in [4.69, 9.17) is 4.74 Å². The normalized spacial score (nSPS) is 18.7. The quantitative estimate of drug-likeness (QED) is 0.764. The van der Waals surface area contributed by atoms with Crippen molar-refractivity contribution in [2.75, 3.05) is 13.3 Å². The Hall–Kier alpha value is -3.23. The second-order valence-electron chi connectivity index (χ2n) is 5.98. The predicted octanol–water partition coefficient (Wildman–Crippen LogP) is 3.88. The number of rotatable bonds is 6. The molecule has 1 N–H and O–H groups in total. The molecule has 1 aromatic carbocycles. The van der Waals surface area contributed by atoms with Gasteiger partial charge in [0, 0.05) is 18.0 Å². The van der Waals surface area contributed by atoms with Crippen LogP contribution in [0.15, 0.2) is 106 Å². The Balaban J connectivity index is 1.84. The number of halogens is 1. The lowest BCUT2D eigenvalue weighted by Crippen LogP contribution is -2.07. The Labute approximate surface area is 168 Å². The summed E-state index contributed by atoms with van der Waals surface area (Å²) >= 11 is 0. The van der Waals surface area contributed by atoms with Crippen molar-refractivity contribution in [3.05, 3.63) is 96.4 Å². The zero-order valence-electron chi connectivity index (χ0n) is 15.3. The van der Waals surface area contributed by atoms with Gasteiger partial charge in [-0.3, -0.25) is 5.21 Å². The van der Waals surface area contributed by atoms with Crippen LogP contribution in [0, 0.1) is 0 Å². The summed E-state index contributed by atoms with van der Waals surface area (Å²) in [6.45, 7) is -0.710. The van der Waals surface area contributed by atoms with Gasteiger partial charge in [0.15, 0.2) is 0 Å². The first kappa shape index (κ1) is 20.5. The zero-order chi connectivity index (χ0) is 20.7. The first-order valence-electron chi connectivity index (χ1n) is 8.72. The van der Waals surface area contributed by atoms with Gasteiger partial charge in [-0.2, -0.15) is 12.8 Å². The first-order chi connectivity index (χ1) is 14.0. The van der Waals surface area contributed by atoms with Gasteiger partial charge in [-0.05, 0) is 48.1 Å². The molecule has 1 aromatic rings. The summed E-state index contributed by atoms with van der Waals surface area (Å²) in [5, 5.41) is 10.2. The standard InChI is InChI=1S/C21H19FN2O4S/c22-13-16-28-19-7-9-20(10-8-19)29(26,27)23-21-4-2-1-3-18(21)6-5-17-11-14-24(25)15-12-17/h1-12,14-15,25H,13,16H2. The van der Waals surface area contributed by atoms with Crippen molar-refractivity contribution in [3.63, 3.8) is 0 Å². The summed E-state index contributed by atoms with van der Waals surface area (Å²) in [4.78, 5) is 0.0134. The molecule has 1 aliphatic heterocycles. The van der Waals surface area contributed by atoms with Crippen molar-refractivity contribution in [1.29, 1.82) is 0 Å². The van der Waals surface area contributed by atoms with Crippen LogP contribution in [0.25, 0.3) is 0 Å². The van der Waals surface area contributed by atoms with Gasteiger partial charge < -0.3 is 4.74 Å². The molecule has 0 atom stereocenters. The van der Waals surface area contributed by atoms with E-state index in [0.717, 1.165) is 10.6 Å². The summed E-state index contributed by atoms with van der Waals surface area (Å²) in [7, 11) is -3.94. The Morgan fingerprint density at radius 1 is 1.03 bits per heavy atom. The molecule has 0 saturated carbocycles. The van der Waals surface area contributed by atoms with Crippen molar-refractivity contribution < 1.29 is 22.8 Å². The van der Waals surface area contributed by atoms with E-state index in [0.29, 0.717) is 17.0 Å². The third-order valence-corrected chi connectivity index (χ3v) is 5.22. The molecule has 0 spiro atoms. The number of sulfonamides is 1. The summed E-state index contributed by atoms with van der Waals surface area (Å²) in [5.41, 5.74) is 1.76. The number of alkyl halides is 1. The molecule has 0 saturated heterocycles. The van der Waals surface area contributed by atoms with Gasteiger partial charge in [0.25, 0.3) is 10.0 Å². The fraction of sp³-hybridized carbons (Fsp3) is 0.0952. The van der Waals surface area contributed by atoms with Crippen molar-refractivity contribution in [2.45, 2.75) is 4.90 Å². The Bertz CT molecular complexity index is 1050. The summed E-state index contributed by atoms with van der Waals surface area (Å²) in [6, 6.07) is 5.68. The van der Waals surface area contributed by atoms with Crippen LogP contribution in [0.1, 0.15) is 0 Å². The van der Waals surface area contributed by atoms with E-state index >= 15 is 0 Å². The highest BCUT2D eigenvalue weighted by Crippen LogP contribution is 2.20. The first-order valence-corrected chi connectivity index (χ1v) is 10.2. The van der Waals surface area contributed by atoms with Gasteiger partial charge in [-0.25, -0.2) is 9.45 Å². The van der Waals surface area contributed by atoms with E-state index in [-0.39, 0.29) is 11.5 Å². The molecule has 8 heteroatoms. The average molecular weight is 414 g/mol.